The molecular formula is C18H26N2O2. The van der Waals surface area contributed by atoms with Crippen molar-refractivity contribution in [3.8, 4) is 0 Å². The summed E-state index contributed by atoms with van der Waals surface area (Å²) in [5.41, 5.74) is 0.913. The highest BCUT2D eigenvalue weighted by Gasteiger charge is 2.18. The highest BCUT2D eigenvalue weighted by Crippen LogP contribution is 2.18. The maximum Gasteiger partial charge on any atom is 0.251 e. The third-order valence-electron chi connectivity index (χ3n) is 3.84. The first-order valence-electron chi connectivity index (χ1n) is 8.08. The van der Waals surface area contributed by atoms with E-state index in [-0.39, 0.29) is 17.4 Å². The maximum absolute atomic E-state index is 12.2. The molecule has 0 atom stereocenters. The minimum absolute atomic E-state index is 0.0466. The molecule has 0 aliphatic heterocycles. The van der Waals surface area contributed by atoms with Crippen molar-refractivity contribution in [3.05, 3.63) is 35.4 Å². The minimum atomic E-state index is -0.270. The molecule has 22 heavy (non-hydrogen) atoms. The highest BCUT2D eigenvalue weighted by molar-refractivity contribution is 5.98. The van der Waals surface area contributed by atoms with Crippen molar-refractivity contribution >= 4 is 11.8 Å². The van der Waals surface area contributed by atoms with Crippen LogP contribution in [0.4, 0.5) is 0 Å². The van der Waals surface area contributed by atoms with Gasteiger partial charge in [-0.1, -0.05) is 19.3 Å². The normalized spacial score (nSPS) is 16.1. The van der Waals surface area contributed by atoms with E-state index < -0.39 is 0 Å². The predicted molar refractivity (Wildman–Crippen MR) is 88.0 cm³/mol. The first-order valence-corrected chi connectivity index (χ1v) is 8.08. The molecule has 0 heterocycles. The van der Waals surface area contributed by atoms with Crippen LogP contribution in [0.15, 0.2) is 24.3 Å². The van der Waals surface area contributed by atoms with Crippen LogP contribution >= 0.6 is 0 Å². The summed E-state index contributed by atoms with van der Waals surface area (Å²) < 4.78 is 0. The van der Waals surface area contributed by atoms with Gasteiger partial charge in [-0.05, 0) is 57.9 Å². The number of hydrogen-bond donors (Lipinski definition) is 2. The molecule has 0 bridgehead atoms. The second-order valence-electron chi connectivity index (χ2n) is 7.09. The Kier molecular flexibility index (Phi) is 5.22. The summed E-state index contributed by atoms with van der Waals surface area (Å²) in [6.07, 6.45) is 5.79. The largest absolute Gasteiger partial charge is 0.349 e. The Labute approximate surface area is 132 Å². The van der Waals surface area contributed by atoms with Crippen LogP contribution in [0, 0.1) is 0 Å². The van der Waals surface area contributed by atoms with Crippen LogP contribution < -0.4 is 10.6 Å². The molecule has 0 saturated heterocycles. The molecule has 4 nitrogen and oxygen atoms in total. The highest BCUT2D eigenvalue weighted by atomic mass is 16.2. The van der Waals surface area contributed by atoms with E-state index in [4.69, 9.17) is 0 Å². The van der Waals surface area contributed by atoms with Gasteiger partial charge < -0.3 is 10.6 Å². The van der Waals surface area contributed by atoms with E-state index in [1.165, 1.54) is 19.3 Å². The molecule has 0 aromatic heterocycles. The fourth-order valence-electron chi connectivity index (χ4n) is 2.70. The summed E-state index contributed by atoms with van der Waals surface area (Å²) >= 11 is 0. The van der Waals surface area contributed by atoms with E-state index >= 15 is 0 Å². The SMILES string of the molecule is CC(C)(C)NC(=O)c1ccc(C(=O)NC2CCCCC2)cc1. The zero-order valence-electron chi connectivity index (χ0n) is 13.7. The number of carbonyl (C=O) groups excluding carboxylic acids is 2. The van der Waals surface area contributed by atoms with Gasteiger partial charge in [0.15, 0.2) is 0 Å². The van der Waals surface area contributed by atoms with E-state index in [2.05, 4.69) is 10.6 Å². The molecular weight excluding hydrogens is 276 g/mol. The third kappa shape index (κ3) is 4.86. The molecule has 0 spiro atoms. The van der Waals surface area contributed by atoms with E-state index in [0.717, 1.165) is 12.8 Å². The van der Waals surface area contributed by atoms with E-state index in [0.29, 0.717) is 17.2 Å². The van der Waals surface area contributed by atoms with Gasteiger partial charge in [0.25, 0.3) is 11.8 Å². The maximum atomic E-state index is 12.2. The van der Waals surface area contributed by atoms with Crippen LogP contribution in [0.1, 0.15) is 73.6 Å². The smallest absolute Gasteiger partial charge is 0.251 e. The van der Waals surface area contributed by atoms with Crippen molar-refractivity contribution in [2.45, 2.75) is 64.5 Å². The molecule has 2 N–H and O–H groups in total. The van der Waals surface area contributed by atoms with Crippen LogP contribution in [-0.4, -0.2) is 23.4 Å². The number of benzene rings is 1. The second kappa shape index (κ2) is 6.95. The van der Waals surface area contributed by atoms with Gasteiger partial charge in [0.05, 0.1) is 0 Å². The summed E-state index contributed by atoms with van der Waals surface area (Å²) in [6, 6.07) is 7.14. The van der Waals surface area contributed by atoms with Crippen molar-refractivity contribution in [1.29, 1.82) is 0 Å². The van der Waals surface area contributed by atoms with Crippen molar-refractivity contribution in [3.63, 3.8) is 0 Å². The number of amides is 2. The molecule has 1 aliphatic carbocycles. The Morgan fingerprint density at radius 3 is 1.91 bits per heavy atom. The van der Waals surface area contributed by atoms with Gasteiger partial charge in [0.2, 0.25) is 0 Å². The lowest BCUT2D eigenvalue weighted by molar-refractivity contribution is 0.0910. The summed E-state index contributed by atoms with van der Waals surface area (Å²) in [4.78, 5) is 24.3. The lowest BCUT2D eigenvalue weighted by atomic mass is 9.95. The average molecular weight is 302 g/mol. The quantitative estimate of drug-likeness (QED) is 0.900. The molecule has 1 saturated carbocycles. The lowest BCUT2D eigenvalue weighted by Crippen LogP contribution is -2.40. The molecule has 2 amide bonds. The number of rotatable bonds is 3. The summed E-state index contributed by atoms with van der Waals surface area (Å²) in [7, 11) is 0. The van der Waals surface area contributed by atoms with Crippen LogP contribution in [0.25, 0.3) is 0 Å². The van der Waals surface area contributed by atoms with Crippen LogP contribution in [0.5, 0.6) is 0 Å². The first-order chi connectivity index (χ1) is 10.3. The first kappa shape index (κ1) is 16.5. The van der Waals surface area contributed by atoms with Gasteiger partial charge in [-0.2, -0.15) is 0 Å². The fourth-order valence-corrected chi connectivity index (χ4v) is 2.70. The van der Waals surface area contributed by atoms with Gasteiger partial charge in [0, 0.05) is 22.7 Å². The molecule has 2 rings (SSSR count). The van der Waals surface area contributed by atoms with E-state index in [9.17, 15) is 9.59 Å². The van der Waals surface area contributed by atoms with Gasteiger partial charge >= 0.3 is 0 Å². The van der Waals surface area contributed by atoms with Crippen LogP contribution in [0.2, 0.25) is 0 Å². The molecule has 1 aromatic carbocycles. The van der Waals surface area contributed by atoms with Gasteiger partial charge in [-0.3, -0.25) is 9.59 Å². The summed E-state index contributed by atoms with van der Waals surface area (Å²) in [6.45, 7) is 5.82. The number of nitrogens with one attached hydrogen (secondary N) is 2. The van der Waals surface area contributed by atoms with Gasteiger partial charge in [-0.15, -0.1) is 0 Å². The Morgan fingerprint density at radius 2 is 1.41 bits per heavy atom. The Morgan fingerprint density at radius 1 is 0.909 bits per heavy atom. The zero-order chi connectivity index (χ0) is 16.2. The van der Waals surface area contributed by atoms with E-state index in [1.54, 1.807) is 24.3 Å². The van der Waals surface area contributed by atoms with Crippen molar-refractivity contribution in [1.82, 2.24) is 10.6 Å². The minimum Gasteiger partial charge on any atom is -0.349 e. The summed E-state index contributed by atoms with van der Waals surface area (Å²) in [5, 5.41) is 5.99. The zero-order valence-corrected chi connectivity index (χ0v) is 13.7. The van der Waals surface area contributed by atoms with Gasteiger partial charge in [-0.25, -0.2) is 0 Å². The molecule has 0 unspecified atom stereocenters. The monoisotopic (exact) mass is 302 g/mol. The Bertz CT molecular complexity index is 523. The molecule has 1 fully saturated rings. The third-order valence-corrected chi connectivity index (χ3v) is 3.84. The summed E-state index contributed by atoms with van der Waals surface area (Å²) in [5.74, 6) is -0.165. The topological polar surface area (TPSA) is 58.2 Å². The molecule has 1 aromatic rings. The van der Waals surface area contributed by atoms with Crippen LogP contribution in [0.3, 0.4) is 0 Å². The van der Waals surface area contributed by atoms with E-state index in [1.807, 2.05) is 20.8 Å². The Hall–Kier alpha value is -1.84. The van der Waals surface area contributed by atoms with Gasteiger partial charge in [0.1, 0.15) is 0 Å². The second-order valence-corrected chi connectivity index (χ2v) is 7.09. The standard InChI is InChI=1S/C18H26N2O2/c1-18(2,3)20-17(22)14-11-9-13(10-12-14)16(21)19-15-7-5-4-6-8-15/h9-12,15H,4-8H2,1-3H3,(H,19,21)(H,20,22). The fraction of sp³-hybridized carbons (Fsp3) is 0.556. The molecule has 4 heteroatoms. The molecule has 120 valence electrons. The molecule has 1 aliphatic rings. The van der Waals surface area contributed by atoms with Crippen molar-refractivity contribution in [2.24, 2.45) is 0 Å². The van der Waals surface area contributed by atoms with Crippen LogP contribution in [-0.2, 0) is 0 Å². The van der Waals surface area contributed by atoms with Crippen molar-refractivity contribution < 1.29 is 9.59 Å². The lowest BCUT2D eigenvalue weighted by Gasteiger charge is -2.23. The Balaban J connectivity index is 1.96. The molecule has 0 radical (unpaired) electrons. The number of carbonyl (C=O) groups is 2. The predicted octanol–water partition coefficient (Wildman–Crippen LogP) is 3.28. The van der Waals surface area contributed by atoms with Crippen molar-refractivity contribution in [2.75, 3.05) is 0 Å². The number of hydrogen-bond acceptors (Lipinski definition) is 2. The average Bonchev–Trinajstić information content (AvgIpc) is 2.46.